The van der Waals surface area contributed by atoms with Gasteiger partial charge >= 0.3 is 0 Å². The zero-order valence-corrected chi connectivity index (χ0v) is 10.4. The van der Waals surface area contributed by atoms with Gasteiger partial charge in [-0.15, -0.1) is 0 Å². The maximum atomic E-state index is 9.77. The van der Waals surface area contributed by atoms with Gasteiger partial charge in [0.15, 0.2) is 0 Å². The molecule has 0 radical (unpaired) electrons. The highest BCUT2D eigenvalue weighted by molar-refractivity contribution is 5.54. The SMILES string of the molecule is CC(=C(C#N)C#N)/C(C#N)=C(\C)N1CCCC1O. The van der Waals surface area contributed by atoms with E-state index in [0.717, 1.165) is 6.42 Å². The molecule has 18 heavy (non-hydrogen) atoms. The van der Waals surface area contributed by atoms with Gasteiger partial charge < -0.3 is 10.0 Å². The summed E-state index contributed by atoms with van der Waals surface area (Å²) in [5.41, 5.74) is 1.19. The number of rotatable bonds is 2. The molecule has 0 spiro atoms. The molecule has 0 aromatic heterocycles. The Morgan fingerprint density at radius 3 is 2.17 bits per heavy atom. The number of nitriles is 3. The molecule has 5 heteroatoms. The number of nitrogens with zero attached hydrogens (tertiary/aromatic N) is 4. The van der Waals surface area contributed by atoms with Crippen LogP contribution in [0.2, 0.25) is 0 Å². The molecule has 1 heterocycles. The zero-order valence-electron chi connectivity index (χ0n) is 10.4. The van der Waals surface area contributed by atoms with Gasteiger partial charge in [-0.2, -0.15) is 15.8 Å². The molecular formula is C13H14N4O. The number of hydrogen-bond donors (Lipinski definition) is 1. The second-order valence-corrected chi connectivity index (χ2v) is 4.11. The van der Waals surface area contributed by atoms with E-state index in [9.17, 15) is 10.4 Å². The van der Waals surface area contributed by atoms with E-state index in [2.05, 4.69) is 0 Å². The number of likely N-dealkylation sites (tertiary alicyclic amines) is 1. The molecule has 0 bridgehead atoms. The van der Waals surface area contributed by atoms with Crippen molar-refractivity contribution < 1.29 is 5.11 Å². The summed E-state index contributed by atoms with van der Waals surface area (Å²) in [5, 5.41) is 36.6. The molecule has 5 nitrogen and oxygen atoms in total. The minimum Gasteiger partial charge on any atom is -0.374 e. The van der Waals surface area contributed by atoms with Crippen molar-refractivity contribution in [3.63, 3.8) is 0 Å². The number of aliphatic hydroxyl groups excluding tert-OH is 1. The van der Waals surface area contributed by atoms with Crippen molar-refractivity contribution in [3.8, 4) is 18.2 Å². The van der Waals surface area contributed by atoms with Crippen LogP contribution in [0.4, 0.5) is 0 Å². The molecule has 92 valence electrons. The molecular weight excluding hydrogens is 228 g/mol. The Hall–Kier alpha value is -2.29. The molecule has 1 aliphatic heterocycles. The smallest absolute Gasteiger partial charge is 0.133 e. The highest BCUT2D eigenvalue weighted by Crippen LogP contribution is 2.25. The van der Waals surface area contributed by atoms with Crippen molar-refractivity contribution in [2.24, 2.45) is 0 Å². The molecule has 1 atom stereocenters. The molecule has 0 saturated carbocycles. The molecule has 0 aromatic carbocycles. The topological polar surface area (TPSA) is 94.8 Å². The number of aliphatic hydroxyl groups is 1. The maximum Gasteiger partial charge on any atom is 0.133 e. The van der Waals surface area contributed by atoms with Crippen LogP contribution in [-0.4, -0.2) is 22.8 Å². The highest BCUT2D eigenvalue weighted by atomic mass is 16.3. The van der Waals surface area contributed by atoms with Gasteiger partial charge in [-0.3, -0.25) is 0 Å². The summed E-state index contributed by atoms with van der Waals surface area (Å²) in [6, 6.07) is 5.57. The summed E-state index contributed by atoms with van der Waals surface area (Å²) in [4.78, 5) is 1.73. The van der Waals surface area contributed by atoms with Crippen molar-refractivity contribution in [2.45, 2.75) is 32.9 Å². The van der Waals surface area contributed by atoms with Gasteiger partial charge in [-0.25, -0.2) is 0 Å². The van der Waals surface area contributed by atoms with Crippen LogP contribution in [-0.2, 0) is 0 Å². The predicted molar refractivity (Wildman–Crippen MR) is 64.2 cm³/mol. The fraction of sp³-hybridized carbons (Fsp3) is 0.462. The van der Waals surface area contributed by atoms with Gasteiger partial charge in [-0.1, -0.05) is 0 Å². The summed E-state index contributed by atoms with van der Waals surface area (Å²) < 4.78 is 0. The molecule has 1 saturated heterocycles. The monoisotopic (exact) mass is 242 g/mol. The lowest BCUT2D eigenvalue weighted by molar-refractivity contribution is 0.0624. The Morgan fingerprint density at radius 2 is 1.78 bits per heavy atom. The van der Waals surface area contributed by atoms with Crippen LogP contribution >= 0.6 is 0 Å². The van der Waals surface area contributed by atoms with Crippen LogP contribution in [0.5, 0.6) is 0 Å². The first-order valence-electron chi connectivity index (χ1n) is 5.64. The molecule has 1 N–H and O–H groups in total. The lowest BCUT2D eigenvalue weighted by Crippen LogP contribution is -2.28. The minimum atomic E-state index is -0.589. The van der Waals surface area contributed by atoms with Crippen molar-refractivity contribution in [2.75, 3.05) is 6.54 Å². The van der Waals surface area contributed by atoms with Gasteiger partial charge in [-0.05, 0) is 32.3 Å². The molecule has 1 unspecified atom stereocenters. The van der Waals surface area contributed by atoms with Crippen LogP contribution in [0, 0.1) is 34.0 Å². The Labute approximate surface area is 106 Å². The summed E-state index contributed by atoms with van der Waals surface area (Å²) in [7, 11) is 0. The molecule has 1 aliphatic rings. The van der Waals surface area contributed by atoms with Crippen molar-refractivity contribution in [1.82, 2.24) is 4.90 Å². The molecule has 1 fully saturated rings. The van der Waals surface area contributed by atoms with Gasteiger partial charge in [0.1, 0.15) is 30.0 Å². The fourth-order valence-electron chi connectivity index (χ4n) is 2.04. The van der Waals surface area contributed by atoms with Crippen LogP contribution in [0.25, 0.3) is 0 Å². The summed E-state index contributed by atoms with van der Waals surface area (Å²) >= 11 is 0. The van der Waals surface area contributed by atoms with E-state index in [-0.39, 0.29) is 11.1 Å². The van der Waals surface area contributed by atoms with Gasteiger partial charge in [0.25, 0.3) is 0 Å². The maximum absolute atomic E-state index is 9.77. The van der Waals surface area contributed by atoms with Gasteiger partial charge in [0.05, 0.1) is 5.57 Å². The van der Waals surface area contributed by atoms with E-state index in [1.165, 1.54) is 0 Å². The Kier molecular flexibility index (Phi) is 4.49. The molecule has 0 amide bonds. The summed E-state index contributed by atoms with van der Waals surface area (Å²) in [6.07, 6.45) is 0.944. The average Bonchev–Trinajstić information content (AvgIpc) is 2.77. The van der Waals surface area contributed by atoms with E-state index >= 15 is 0 Å². The number of hydrogen-bond acceptors (Lipinski definition) is 5. The van der Waals surface area contributed by atoms with Crippen LogP contribution in [0.3, 0.4) is 0 Å². The van der Waals surface area contributed by atoms with E-state index in [4.69, 9.17) is 10.5 Å². The second kappa shape index (κ2) is 5.87. The van der Waals surface area contributed by atoms with E-state index in [0.29, 0.717) is 24.2 Å². The summed E-state index contributed by atoms with van der Waals surface area (Å²) in [6.45, 7) is 3.98. The number of allylic oxidation sites excluding steroid dienone is 4. The van der Waals surface area contributed by atoms with Gasteiger partial charge in [0, 0.05) is 12.2 Å². The van der Waals surface area contributed by atoms with Crippen molar-refractivity contribution in [1.29, 1.82) is 15.8 Å². The molecule has 0 aromatic rings. The van der Waals surface area contributed by atoms with Crippen LogP contribution in [0.1, 0.15) is 26.7 Å². The van der Waals surface area contributed by atoms with E-state index in [1.807, 2.05) is 6.07 Å². The third kappa shape index (κ3) is 2.51. The fourth-order valence-corrected chi connectivity index (χ4v) is 2.04. The average molecular weight is 242 g/mol. The Bertz CT molecular complexity index is 509. The zero-order chi connectivity index (χ0) is 13.7. The quantitative estimate of drug-likeness (QED) is 0.585. The van der Waals surface area contributed by atoms with Crippen molar-refractivity contribution >= 4 is 0 Å². The first-order valence-corrected chi connectivity index (χ1v) is 5.64. The lowest BCUT2D eigenvalue weighted by atomic mass is 10.0. The standard InChI is InChI=1S/C13H14N4O/c1-9(11(6-14)7-15)12(8-16)10(2)17-5-3-4-13(17)18/h13,18H,3-5H2,1-2H3/b12-10+. The lowest BCUT2D eigenvalue weighted by Gasteiger charge is -2.24. The first kappa shape index (κ1) is 13.8. The third-order valence-corrected chi connectivity index (χ3v) is 3.10. The molecule has 0 aliphatic carbocycles. The van der Waals surface area contributed by atoms with Crippen LogP contribution < -0.4 is 0 Å². The predicted octanol–water partition coefficient (Wildman–Crippen LogP) is 1.56. The largest absolute Gasteiger partial charge is 0.374 e. The van der Waals surface area contributed by atoms with E-state index in [1.54, 1.807) is 30.9 Å². The minimum absolute atomic E-state index is 0.0698. The van der Waals surface area contributed by atoms with E-state index < -0.39 is 6.23 Å². The van der Waals surface area contributed by atoms with Crippen molar-refractivity contribution in [3.05, 3.63) is 22.4 Å². The molecule has 1 rings (SSSR count). The first-order chi connectivity index (χ1) is 8.56. The summed E-state index contributed by atoms with van der Waals surface area (Å²) in [5.74, 6) is 0. The van der Waals surface area contributed by atoms with Crippen LogP contribution in [0.15, 0.2) is 22.4 Å². The highest BCUT2D eigenvalue weighted by Gasteiger charge is 2.24. The second-order valence-electron chi connectivity index (χ2n) is 4.11. The third-order valence-electron chi connectivity index (χ3n) is 3.10. The Morgan fingerprint density at radius 1 is 1.17 bits per heavy atom. The normalized spacial score (nSPS) is 19.3. The Balaban J connectivity index is 3.26. The van der Waals surface area contributed by atoms with Gasteiger partial charge in [0.2, 0.25) is 0 Å².